The normalized spacial score (nSPS) is 10.9. The average Bonchev–Trinajstić information content (AvgIpc) is 2.45. The predicted octanol–water partition coefficient (Wildman–Crippen LogP) is 4.40. The van der Waals surface area contributed by atoms with Crippen LogP contribution in [0.1, 0.15) is 34.6 Å². The van der Waals surface area contributed by atoms with E-state index in [0.717, 1.165) is 21.5 Å². The first kappa shape index (κ1) is 12.5. The SMILES string of the molecule is CC(=O)c1cccc2ccc3cccc(C(C)=O)c3c12. The van der Waals surface area contributed by atoms with Gasteiger partial charge in [0.05, 0.1) is 0 Å². The smallest absolute Gasteiger partial charge is 0.160 e. The fourth-order valence-corrected chi connectivity index (χ4v) is 2.74. The van der Waals surface area contributed by atoms with Crippen LogP contribution in [0.2, 0.25) is 0 Å². The maximum atomic E-state index is 11.9. The van der Waals surface area contributed by atoms with Gasteiger partial charge in [-0.25, -0.2) is 0 Å². The van der Waals surface area contributed by atoms with Crippen LogP contribution in [0, 0.1) is 0 Å². The van der Waals surface area contributed by atoms with Crippen LogP contribution >= 0.6 is 0 Å². The van der Waals surface area contributed by atoms with Gasteiger partial charge in [-0.1, -0.05) is 48.5 Å². The van der Waals surface area contributed by atoms with Crippen LogP contribution in [0.3, 0.4) is 0 Å². The van der Waals surface area contributed by atoms with E-state index < -0.39 is 0 Å². The summed E-state index contributed by atoms with van der Waals surface area (Å²) in [7, 11) is 0. The van der Waals surface area contributed by atoms with Crippen LogP contribution < -0.4 is 0 Å². The molecule has 0 spiro atoms. The lowest BCUT2D eigenvalue weighted by Crippen LogP contribution is -1.98. The summed E-state index contributed by atoms with van der Waals surface area (Å²) in [5.74, 6) is 0.0305. The van der Waals surface area contributed by atoms with E-state index in [1.54, 1.807) is 13.8 Å². The molecular weight excluding hydrogens is 248 g/mol. The number of carbonyl (C=O) groups excluding carboxylic acids is 2. The van der Waals surface area contributed by atoms with Crippen molar-refractivity contribution in [2.45, 2.75) is 13.8 Å². The average molecular weight is 262 g/mol. The molecule has 0 aliphatic rings. The number of hydrogen-bond acceptors (Lipinski definition) is 2. The summed E-state index contributed by atoms with van der Waals surface area (Å²) in [4.78, 5) is 23.8. The fraction of sp³-hybridized carbons (Fsp3) is 0.111. The molecule has 0 heterocycles. The lowest BCUT2D eigenvalue weighted by Gasteiger charge is -2.10. The number of Topliss-reactive ketones (excluding diaryl/α,β-unsaturated/α-hetero) is 2. The second kappa shape index (κ2) is 4.57. The van der Waals surface area contributed by atoms with Gasteiger partial charge in [0.1, 0.15) is 0 Å². The molecule has 0 saturated heterocycles. The molecule has 0 unspecified atom stereocenters. The minimum Gasteiger partial charge on any atom is -0.294 e. The number of fused-ring (bicyclic) bond motifs is 3. The number of carbonyl (C=O) groups is 2. The molecule has 0 atom stereocenters. The van der Waals surface area contributed by atoms with Crippen molar-refractivity contribution in [3.05, 3.63) is 59.7 Å². The lowest BCUT2D eigenvalue weighted by molar-refractivity contribution is 0.101. The van der Waals surface area contributed by atoms with Crippen molar-refractivity contribution >= 4 is 33.1 Å². The Morgan fingerprint density at radius 1 is 0.650 bits per heavy atom. The molecule has 20 heavy (non-hydrogen) atoms. The van der Waals surface area contributed by atoms with Crippen LogP contribution in [0.5, 0.6) is 0 Å². The Morgan fingerprint density at radius 2 is 1.05 bits per heavy atom. The van der Waals surface area contributed by atoms with Gasteiger partial charge in [0, 0.05) is 21.9 Å². The minimum absolute atomic E-state index is 0.0152. The molecule has 3 rings (SSSR count). The molecule has 0 radical (unpaired) electrons. The second-order valence-electron chi connectivity index (χ2n) is 4.99. The molecule has 2 heteroatoms. The third kappa shape index (κ3) is 1.81. The topological polar surface area (TPSA) is 34.1 Å². The van der Waals surface area contributed by atoms with Gasteiger partial charge in [0.15, 0.2) is 11.6 Å². The second-order valence-corrected chi connectivity index (χ2v) is 4.99. The highest BCUT2D eigenvalue weighted by Gasteiger charge is 2.13. The van der Waals surface area contributed by atoms with E-state index in [2.05, 4.69) is 0 Å². The van der Waals surface area contributed by atoms with Gasteiger partial charge in [0.25, 0.3) is 0 Å². The minimum atomic E-state index is 0.0152. The van der Waals surface area contributed by atoms with Crippen molar-refractivity contribution in [3.63, 3.8) is 0 Å². The zero-order valence-corrected chi connectivity index (χ0v) is 11.4. The van der Waals surface area contributed by atoms with E-state index in [-0.39, 0.29) is 11.6 Å². The van der Waals surface area contributed by atoms with Crippen molar-refractivity contribution < 1.29 is 9.59 Å². The molecule has 0 aromatic heterocycles. The summed E-state index contributed by atoms with van der Waals surface area (Å²) in [5, 5.41) is 3.73. The van der Waals surface area contributed by atoms with Crippen molar-refractivity contribution in [1.29, 1.82) is 0 Å². The molecule has 0 saturated carbocycles. The number of hydrogen-bond donors (Lipinski definition) is 0. The van der Waals surface area contributed by atoms with Crippen LogP contribution in [-0.2, 0) is 0 Å². The summed E-state index contributed by atoms with van der Waals surface area (Å²) in [5.41, 5.74) is 1.34. The number of benzene rings is 3. The summed E-state index contributed by atoms with van der Waals surface area (Å²) < 4.78 is 0. The Bertz CT molecular complexity index is 787. The van der Waals surface area contributed by atoms with Crippen molar-refractivity contribution in [2.24, 2.45) is 0 Å². The van der Waals surface area contributed by atoms with E-state index in [9.17, 15) is 9.59 Å². The molecule has 0 amide bonds. The van der Waals surface area contributed by atoms with Gasteiger partial charge >= 0.3 is 0 Å². The lowest BCUT2D eigenvalue weighted by atomic mass is 9.92. The van der Waals surface area contributed by atoms with Crippen LogP contribution in [0.4, 0.5) is 0 Å². The number of rotatable bonds is 2. The standard InChI is InChI=1S/C18H14O2/c1-11(19)15-7-3-5-13-9-10-14-6-4-8-16(12(2)20)18(14)17(13)15/h3-10H,1-2H3. The molecule has 0 bridgehead atoms. The van der Waals surface area contributed by atoms with Gasteiger partial charge < -0.3 is 0 Å². The highest BCUT2D eigenvalue weighted by molar-refractivity contribution is 6.23. The Labute approximate surface area is 117 Å². The third-order valence-corrected chi connectivity index (χ3v) is 3.64. The van der Waals surface area contributed by atoms with Gasteiger partial charge in [-0.2, -0.15) is 0 Å². The van der Waals surface area contributed by atoms with Crippen molar-refractivity contribution in [3.8, 4) is 0 Å². The third-order valence-electron chi connectivity index (χ3n) is 3.64. The van der Waals surface area contributed by atoms with Crippen LogP contribution in [-0.4, -0.2) is 11.6 Å². The first-order chi connectivity index (χ1) is 9.59. The monoisotopic (exact) mass is 262 g/mol. The Balaban J connectivity index is 2.63. The highest BCUT2D eigenvalue weighted by Crippen LogP contribution is 2.31. The summed E-state index contributed by atoms with van der Waals surface area (Å²) in [6.07, 6.45) is 0. The fourth-order valence-electron chi connectivity index (χ4n) is 2.74. The molecule has 0 aliphatic heterocycles. The molecule has 0 N–H and O–H groups in total. The number of ketones is 2. The van der Waals surface area contributed by atoms with Gasteiger partial charge in [-0.15, -0.1) is 0 Å². The Morgan fingerprint density at radius 3 is 1.40 bits per heavy atom. The molecule has 2 nitrogen and oxygen atoms in total. The zero-order valence-electron chi connectivity index (χ0n) is 11.4. The van der Waals surface area contributed by atoms with E-state index in [0.29, 0.717) is 11.1 Å². The Kier molecular flexibility index (Phi) is 2.87. The maximum absolute atomic E-state index is 11.9. The first-order valence-electron chi connectivity index (χ1n) is 6.56. The van der Waals surface area contributed by atoms with E-state index in [1.165, 1.54) is 0 Å². The van der Waals surface area contributed by atoms with Crippen LogP contribution in [0.15, 0.2) is 48.5 Å². The van der Waals surface area contributed by atoms with Gasteiger partial charge in [-0.3, -0.25) is 9.59 Å². The maximum Gasteiger partial charge on any atom is 0.160 e. The predicted molar refractivity (Wildman–Crippen MR) is 81.5 cm³/mol. The van der Waals surface area contributed by atoms with E-state index in [1.807, 2.05) is 48.5 Å². The molecular formula is C18H14O2. The molecule has 3 aromatic rings. The van der Waals surface area contributed by atoms with Gasteiger partial charge in [-0.05, 0) is 24.6 Å². The molecule has 0 aliphatic carbocycles. The first-order valence-corrected chi connectivity index (χ1v) is 6.56. The summed E-state index contributed by atoms with van der Waals surface area (Å²) in [6, 6.07) is 15.3. The highest BCUT2D eigenvalue weighted by atomic mass is 16.1. The summed E-state index contributed by atoms with van der Waals surface area (Å²) >= 11 is 0. The van der Waals surface area contributed by atoms with Gasteiger partial charge in [0.2, 0.25) is 0 Å². The molecule has 0 fully saturated rings. The van der Waals surface area contributed by atoms with Crippen LogP contribution in [0.25, 0.3) is 21.5 Å². The zero-order chi connectivity index (χ0) is 14.3. The Hall–Kier alpha value is -2.48. The van der Waals surface area contributed by atoms with Crippen molar-refractivity contribution in [2.75, 3.05) is 0 Å². The quantitative estimate of drug-likeness (QED) is 0.506. The van der Waals surface area contributed by atoms with Crippen molar-refractivity contribution in [1.82, 2.24) is 0 Å². The van der Waals surface area contributed by atoms with E-state index >= 15 is 0 Å². The molecule has 3 aromatic carbocycles. The largest absolute Gasteiger partial charge is 0.294 e. The summed E-state index contributed by atoms with van der Waals surface area (Å²) in [6.45, 7) is 3.12. The molecule has 98 valence electrons. The van der Waals surface area contributed by atoms with E-state index in [4.69, 9.17) is 0 Å².